The molecule has 0 saturated heterocycles. The third-order valence-electron chi connectivity index (χ3n) is 6.07. The fourth-order valence-electron chi connectivity index (χ4n) is 3.87. The zero-order valence-electron chi connectivity index (χ0n) is 21.4. The van der Waals surface area contributed by atoms with Gasteiger partial charge in [-0.2, -0.15) is 0 Å². The zero-order chi connectivity index (χ0) is 28.2. The lowest BCUT2D eigenvalue weighted by molar-refractivity contribution is -0.142. The minimum absolute atomic E-state index is 0.150. The van der Waals surface area contributed by atoms with Gasteiger partial charge in [-0.25, -0.2) is 0 Å². The summed E-state index contributed by atoms with van der Waals surface area (Å²) in [6.45, 7) is 1.65. The van der Waals surface area contributed by atoms with Crippen LogP contribution in [0.5, 0.6) is 0 Å². The highest BCUT2D eigenvalue weighted by Crippen LogP contribution is 2.19. The van der Waals surface area contributed by atoms with Crippen molar-refractivity contribution in [2.75, 3.05) is 6.54 Å². The van der Waals surface area contributed by atoms with Crippen LogP contribution in [0.25, 0.3) is 10.9 Å². The number of rotatable bonds is 16. The molecule has 0 fully saturated rings. The van der Waals surface area contributed by atoms with Crippen LogP contribution in [-0.4, -0.2) is 70.4 Å². The Morgan fingerprint density at radius 2 is 1.58 bits per heavy atom. The Kier molecular flexibility index (Phi) is 11.7. The van der Waals surface area contributed by atoms with E-state index in [2.05, 4.69) is 20.9 Å². The SMILES string of the molecule is CC(NC(=O)C(CCC(N)=O)NC(=O)C(CCCCN)NC(=O)C(N)Cc1c[nH]c2ccccc12)C(=O)O. The molecule has 38 heavy (non-hydrogen) atoms. The number of H-pyrrole nitrogens is 1. The summed E-state index contributed by atoms with van der Waals surface area (Å²) in [6, 6.07) is 3.13. The normalized spacial score (nSPS) is 14.2. The minimum Gasteiger partial charge on any atom is -0.480 e. The van der Waals surface area contributed by atoms with Crippen molar-refractivity contribution in [2.45, 2.75) is 69.6 Å². The summed E-state index contributed by atoms with van der Waals surface area (Å²) in [7, 11) is 0. The number of amides is 4. The first kappa shape index (κ1) is 30.3. The maximum Gasteiger partial charge on any atom is 0.325 e. The standard InChI is InChI=1S/C25H37N7O6/c1-14(25(37)38)30-23(35)20(9-10-21(28)33)32-24(36)19(8-4-5-11-26)31-22(34)17(27)12-15-13-29-18-7-3-2-6-16(15)18/h2-3,6-7,13-14,17,19-20,29H,4-5,8-12,26-27H2,1H3,(H2,28,33)(H,30,35)(H,31,34)(H,32,36)(H,37,38). The third kappa shape index (κ3) is 9.16. The molecule has 4 atom stereocenters. The number of carboxylic acids is 1. The number of aromatic nitrogens is 1. The number of nitrogens with two attached hydrogens (primary N) is 3. The molecule has 0 bridgehead atoms. The lowest BCUT2D eigenvalue weighted by Gasteiger charge is -2.24. The Bertz CT molecular complexity index is 1130. The highest BCUT2D eigenvalue weighted by Gasteiger charge is 2.29. The van der Waals surface area contributed by atoms with Crippen molar-refractivity contribution in [2.24, 2.45) is 17.2 Å². The first-order chi connectivity index (χ1) is 18.0. The average Bonchev–Trinajstić information content (AvgIpc) is 3.28. The largest absolute Gasteiger partial charge is 0.480 e. The number of hydrogen-bond acceptors (Lipinski definition) is 7. The predicted molar refractivity (Wildman–Crippen MR) is 140 cm³/mol. The van der Waals surface area contributed by atoms with Crippen LogP contribution in [0.1, 0.15) is 44.6 Å². The number of primary amides is 1. The Morgan fingerprint density at radius 1 is 0.947 bits per heavy atom. The Hall–Kier alpha value is -3.97. The van der Waals surface area contributed by atoms with Gasteiger partial charge in [0.05, 0.1) is 6.04 Å². The molecule has 0 spiro atoms. The van der Waals surface area contributed by atoms with Gasteiger partial charge >= 0.3 is 5.97 Å². The van der Waals surface area contributed by atoms with E-state index in [0.29, 0.717) is 19.4 Å². The molecule has 11 N–H and O–H groups in total. The van der Waals surface area contributed by atoms with Gasteiger partial charge in [0, 0.05) is 23.5 Å². The van der Waals surface area contributed by atoms with E-state index in [-0.39, 0.29) is 25.7 Å². The fraction of sp³-hybridized carbons (Fsp3) is 0.480. The molecule has 0 aliphatic heterocycles. The van der Waals surface area contributed by atoms with E-state index in [1.165, 1.54) is 6.92 Å². The molecule has 0 aliphatic carbocycles. The molecule has 208 valence electrons. The first-order valence-electron chi connectivity index (χ1n) is 12.5. The molecule has 0 aliphatic rings. The van der Waals surface area contributed by atoms with Crippen LogP contribution < -0.4 is 33.2 Å². The quantitative estimate of drug-likeness (QED) is 0.125. The number of benzene rings is 1. The summed E-state index contributed by atoms with van der Waals surface area (Å²) in [5.74, 6) is -3.99. The molecule has 0 radical (unpaired) electrons. The van der Waals surface area contributed by atoms with Crippen molar-refractivity contribution in [3.8, 4) is 0 Å². The van der Waals surface area contributed by atoms with Gasteiger partial charge in [-0.1, -0.05) is 18.2 Å². The van der Waals surface area contributed by atoms with E-state index in [1.54, 1.807) is 6.20 Å². The van der Waals surface area contributed by atoms with Gasteiger partial charge in [0.25, 0.3) is 0 Å². The van der Waals surface area contributed by atoms with E-state index in [4.69, 9.17) is 22.3 Å². The first-order valence-corrected chi connectivity index (χ1v) is 12.5. The smallest absolute Gasteiger partial charge is 0.325 e. The fourth-order valence-corrected chi connectivity index (χ4v) is 3.87. The van der Waals surface area contributed by atoms with Gasteiger partial charge in [-0.15, -0.1) is 0 Å². The van der Waals surface area contributed by atoms with Gasteiger partial charge in [-0.3, -0.25) is 24.0 Å². The van der Waals surface area contributed by atoms with Crippen LogP contribution in [0.3, 0.4) is 0 Å². The molecule has 2 aromatic rings. The number of para-hydroxylation sites is 1. The predicted octanol–water partition coefficient (Wildman–Crippen LogP) is -1.01. The highest BCUT2D eigenvalue weighted by molar-refractivity contribution is 5.94. The van der Waals surface area contributed by atoms with Crippen LogP contribution in [0.2, 0.25) is 0 Å². The van der Waals surface area contributed by atoms with Gasteiger partial charge in [0.15, 0.2) is 0 Å². The van der Waals surface area contributed by atoms with Gasteiger partial charge in [0.1, 0.15) is 18.1 Å². The zero-order valence-corrected chi connectivity index (χ0v) is 21.4. The molecular weight excluding hydrogens is 494 g/mol. The van der Waals surface area contributed by atoms with E-state index in [0.717, 1.165) is 16.5 Å². The van der Waals surface area contributed by atoms with Crippen molar-refractivity contribution in [3.05, 3.63) is 36.0 Å². The second kappa shape index (κ2) is 14.7. The second-order valence-corrected chi connectivity index (χ2v) is 9.15. The minimum atomic E-state index is -1.27. The van der Waals surface area contributed by atoms with Crippen molar-refractivity contribution < 1.29 is 29.1 Å². The number of fused-ring (bicyclic) bond motifs is 1. The molecule has 4 unspecified atom stereocenters. The molecular formula is C25H37N7O6. The number of aliphatic carboxylic acids is 1. The molecule has 2 rings (SSSR count). The van der Waals surface area contributed by atoms with Gasteiger partial charge < -0.3 is 43.2 Å². The van der Waals surface area contributed by atoms with Crippen molar-refractivity contribution in [1.82, 2.24) is 20.9 Å². The number of carboxylic acid groups (broad SMARTS) is 1. The second-order valence-electron chi connectivity index (χ2n) is 9.15. The van der Waals surface area contributed by atoms with Crippen molar-refractivity contribution in [3.63, 3.8) is 0 Å². The molecule has 13 nitrogen and oxygen atoms in total. The summed E-state index contributed by atoms with van der Waals surface area (Å²) in [4.78, 5) is 64.3. The lowest BCUT2D eigenvalue weighted by atomic mass is 10.0. The molecule has 4 amide bonds. The number of aromatic amines is 1. The molecule has 1 aromatic heterocycles. The maximum absolute atomic E-state index is 13.2. The number of hydrogen-bond donors (Lipinski definition) is 8. The van der Waals surface area contributed by atoms with E-state index in [9.17, 15) is 24.0 Å². The number of nitrogens with one attached hydrogen (secondary N) is 4. The van der Waals surface area contributed by atoms with E-state index >= 15 is 0 Å². The van der Waals surface area contributed by atoms with Crippen LogP contribution >= 0.6 is 0 Å². The molecule has 13 heteroatoms. The third-order valence-corrected chi connectivity index (χ3v) is 6.07. The van der Waals surface area contributed by atoms with Gasteiger partial charge in [0.2, 0.25) is 23.6 Å². The Morgan fingerprint density at radius 3 is 2.24 bits per heavy atom. The monoisotopic (exact) mass is 531 g/mol. The van der Waals surface area contributed by atoms with Crippen LogP contribution in [0.4, 0.5) is 0 Å². The van der Waals surface area contributed by atoms with E-state index < -0.39 is 53.8 Å². The van der Waals surface area contributed by atoms with Gasteiger partial charge in [-0.05, 0) is 57.2 Å². The van der Waals surface area contributed by atoms with Crippen molar-refractivity contribution >= 4 is 40.5 Å². The summed E-state index contributed by atoms with van der Waals surface area (Å²) in [5.41, 5.74) is 18.7. The summed E-state index contributed by atoms with van der Waals surface area (Å²) < 4.78 is 0. The maximum atomic E-state index is 13.2. The van der Waals surface area contributed by atoms with Crippen LogP contribution in [0.15, 0.2) is 30.5 Å². The number of unbranched alkanes of at least 4 members (excludes halogenated alkanes) is 1. The Balaban J connectivity index is 2.12. The summed E-state index contributed by atoms with van der Waals surface area (Å²) in [5, 5.41) is 17.5. The summed E-state index contributed by atoms with van der Waals surface area (Å²) >= 11 is 0. The molecule has 1 heterocycles. The average molecular weight is 532 g/mol. The highest BCUT2D eigenvalue weighted by atomic mass is 16.4. The Labute approximate surface area is 220 Å². The molecule has 1 aromatic carbocycles. The van der Waals surface area contributed by atoms with Crippen LogP contribution in [0, 0.1) is 0 Å². The number of carbonyl (C=O) groups excluding carboxylic acids is 4. The molecule has 0 saturated carbocycles. The van der Waals surface area contributed by atoms with E-state index in [1.807, 2.05) is 24.3 Å². The number of carbonyl (C=O) groups is 5. The van der Waals surface area contributed by atoms with Crippen LogP contribution in [-0.2, 0) is 30.4 Å². The summed E-state index contributed by atoms with van der Waals surface area (Å²) in [6.07, 6.45) is 2.98. The lowest BCUT2D eigenvalue weighted by Crippen LogP contribution is -2.57. The van der Waals surface area contributed by atoms with Crippen molar-refractivity contribution in [1.29, 1.82) is 0 Å². The topological polar surface area (TPSA) is 236 Å².